The number of benzene rings is 1. The highest BCUT2D eigenvalue weighted by atomic mass is 79.9. The molecule has 0 fully saturated rings. The molecule has 0 aromatic heterocycles. The Bertz CT molecular complexity index is 467. The van der Waals surface area contributed by atoms with E-state index < -0.39 is 25.3 Å². The van der Waals surface area contributed by atoms with Gasteiger partial charge in [-0.15, -0.1) is 0 Å². The first-order chi connectivity index (χ1) is 8.34. The van der Waals surface area contributed by atoms with Gasteiger partial charge in [0, 0.05) is 15.7 Å². The minimum Gasteiger partial charge on any atom is -0.422 e. The Morgan fingerprint density at radius 1 is 1.56 bits per heavy atom. The monoisotopic (exact) mass is 355 g/mol. The van der Waals surface area contributed by atoms with Crippen LogP contribution in [-0.2, 0) is 9.36 Å². The Morgan fingerprint density at radius 2 is 2.11 bits per heavy atom. The van der Waals surface area contributed by atoms with E-state index in [-0.39, 0.29) is 0 Å². The zero-order chi connectivity index (χ0) is 13.8. The Labute approximate surface area is 118 Å². The van der Waals surface area contributed by atoms with Crippen LogP contribution in [0.4, 0.5) is 0 Å². The molecule has 0 saturated heterocycles. The van der Waals surface area contributed by atoms with Gasteiger partial charge in [-0.1, -0.05) is 15.9 Å². The van der Waals surface area contributed by atoms with Crippen LogP contribution in [0.3, 0.4) is 0 Å². The van der Waals surface area contributed by atoms with E-state index in [1.807, 2.05) is 0 Å². The fourth-order valence-corrected chi connectivity index (χ4v) is 3.09. The summed E-state index contributed by atoms with van der Waals surface area (Å²) in [5, 5.41) is 11.0. The van der Waals surface area contributed by atoms with Crippen molar-refractivity contribution < 1.29 is 19.0 Å². The van der Waals surface area contributed by atoms with Crippen molar-refractivity contribution in [2.24, 2.45) is 0 Å². The van der Waals surface area contributed by atoms with Crippen LogP contribution in [-0.4, -0.2) is 23.5 Å². The molecule has 18 heavy (non-hydrogen) atoms. The van der Waals surface area contributed by atoms with Crippen molar-refractivity contribution >= 4 is 39.8 Å². The number of aliphatic hydroxyl groups excluding tert-OH is 1. The van der Waals surface area contributed by atoms with E-state index in [1.165, 1.54) is 6.92 Å². The molecule has 0 bridgehead atoms. The second-order valence-corrected chi connectivity index (χ2v) is 7.15. The largest absolute Gasteiger partial charge is 0.422 e. The number of rotatable bonds is 6. The van der Waals surface area contributed by atoms with Crippen LogP contribution in [0.5, 0.6) is 5.75 Å². The molecule has 0 radical (unpaired) electrons. The third kappa shape index (κ3) is 5.08. The summed E-state index contributed by atoms with van der Waals surface area (Å²) in [6, 6.07) is 5.72. The maximum absolute atomic E-state index is 11.9. The van der Waals surface area contributed by atoms with Crippen molar-refractivity contribution in [2.45, 2.75) is 13.0 Å². The average Bonchev–Trinajstić information content (AvgIpc) is 2.30. The van der Waals surface area contributed by atoms with Crippen molar-refractivity contribution in [1.82, 2.24) is 5.09 Å². The normalized spacial score (nSPS) is 15.8. The van der Waals surface area contributed by atoms with Crippen LogP contribution in [0.1, 0.15) is 6.92 Å². The number of nitrogens with one attached hydrogen (secondary N) is 1. The first kappa shape index (κ1) is 15.7. The zero-order valence-electron chi connectivity index (χ0n) is 9.47. The third-order valence-corrected chi connectivity index (χ3v) is 4.19. The highest BCUT2D eigenvalue weighted by molar-refractivity contribution is 9.10. The molecule has 5 nitrogen and oxygen atoms in total. The van der Waals surface area contributed by atoms with Crippen LogP contribution < -0.4 is 9.61 Å². The lowest BCUT2D eigenvalue weighted by Gasteiger charge is -2.17. The molecule has 0 aliphatic carbocycles. The maximum atomic E-state index is 11.9. The molecule has 1 rings (SSSR count). The average molecular weight is 357 g/mol. The van der Waals surface area contributed by atoms with Crippen molar-refractivity contribution in [3.63, 3.8) is 0 Å². The fourth-order valence-electron chi connectivity index (χ4n) is 1.10. The summed E-state index contributed by atoms with van der Waals surface area (Å²) in [6.07, 6.45) is 0. The van der Waals surface area contributed by atoms with Crippen LogP contribution in [0.25, 0.3) is 0 Å². The predicted octanol–water partition coefficient (Wildman–Crippen LogP) is 2.71. The molecule has 1 aromatic rings. The van der Waals surface area contributed by atoms with Crippen LogP contribution >= 0.6 is 34.0 Å². The lowest BCUT2D eigenvalue weighted by Crippen LogP contribution is -2.33. The molecular weight excluding hydrogens is 344 g/mol. The second kappa shape index (κ2) is 6.68. The van der Waals surface area contributed by atoms with Crippen molar-refractivity contribution in [2.75, 3.05) is 6.61 Å². The van der Waals surface area contributed by atoms with E-state index in [2.05, 4.69) is 21.0 Å². The summed E-state index contributed by atoms with van der Waals surface area (Å²) in [6.45, 7) is -2.88. The maximum Gasteiger partial charge on any atom is 0.409 e. The van der Waals surface area contributed by atoms with Crippen molar-refractivity contribution in [3.8, 4) is 5.75 Å². The number of carbonyl (C=O) groups is 1. The molecular formula is C10H12BrClNO4P. The number of Topliss-reactive ketones (excluding diaryl/α,β-unsaturated/α-hetero) is 1. The molecule has 0 aliphatic rings. The number of ketones is 1. The van der Waals surface area contributed by atoms with Crippen LogP contribution in [0.2, 0.25) is 0 Å². The van der Waals surface area contributed by atoms with Gasteiger partial charge in [0.1, 0.15) is 12.4 Å². The van der Waals surface area contributed by atoms with E-state index in [0.717, 1.165) is 4.47 Å². The molecule has 100 valence electrons. The van der Waals surface area contributed by atoms with Gasteiger partial charge < -0.3 is 9.63 Å². The molecule has 0 spiro atoms. The standard InChI is InChI=1S/C10H12BrClNO4P/c1-7(10(15)6-14)13-18(12,16)17-9-4-2-8(11)3-5-9/h2-5,7,14H,6H2,1H3,(H,13,16)/t7-,18?/m0/s1. The number of aliphatic hydroxyl groups is 1. The first-order valence-corrected chi connectivity index (χ1v) is 8.32. The third-order valence-electron chi connectivity index (χ3n) is 2.02. The second-order valence-electron chi connectivity index (χ2n) is 3.50. The topological polar surface area (TPSA) is 75.6 Å². The smallest absolute Gasteiger partial charge is 0.409 e. The molecule has 2 atom stereocenters. The summed E-state index contributed by atoms with van der Waals surface area (Å²) >= 11 is 8.93. The first-order valence-electron chi connectivity index (χ1n) is 5.00. The molecule has 1 aromatic carbocycles. The summed E-state index contributed by atoms with van der Waals surface area (Å²) in [7, 11) is 0. The zero-order valence-corrected chi connectivity index (χ0v) is 12.7. The van der Waals surface area contributed by atoms with E-state index in [4.69, 9.17) is 20.9 Å². The van der Waals surface area contributed by atoms with E-state index in [9.17, 15) is 9.36 Å². The van der Waals surface area contributed by atoms with Crippen LogP contribution in [0.15, 0.2) is 28.7 Å². The number of hydrogen-bond acceptors (Lipinski definition) is 4. The van der Waals surface area contributed by atoms with Crippen molar-refractivity contribution in [1.29, 1.82) is 0 Å². The van der Waals surface area contributed by atoms with Gasteiger partial charge in [-0.3, -0.25) is 4.79 Å². The minimum atomic E-state index is -3.68. The molecule has 0 saturated carbocycles. The molecule has 2 N–H and O–H groups in total. The summed E-state index contributed by atoms with van der Waals surface area (Å²) in [5.74, 6) is -0.206. The van der Waals surface area contributed by atoms with Gasteiger partial charge in [-0.25, -0.2) is 9.65 Å². The van der Waals surface area contributed by atoms with Gasteiger partial charge >= 0.3 is 6.87 Å². The van der Waals surface area contributed by atoms with Gasteiger partial charge in [-0.05, 0) is 31.2 Å². The highest BCUT2D eigenvalue weighted by Crippen LogP contribution is 2.48. The SMILES string of the molecule is C[C@H](NP(=O)(Cl)Oc1ccc(Br)cc1)C(=O)CO. The number of hydrogen-bond donors (Lipinski definition) is 2. The lowest BCUT2D eigenvalue weighted by atomic mass is 10.2. The minimum absolute atomic E-state index is 0.313. The summed E-state index contributed by atoms with van der Waals surface area (Å²) in [4.78, 5) is 11.1. The lowest BCUT2D eigenvalue weighted by molar-refractivity contribution is -0.123. The van der Waals surface area contributed by atoms with Gasteiger partial charge in [0.2, 0.25) is 0 Å². The Hall–Kier alpha value is -0.390. The number of halogens is 2. The Morgan fingerprint density at radius 3 is 2.61 bits per heavy atom. The highest BCUT2D eigenvalue weighted by Gasteiger charge is 2.26. The van der Waals surface area contributed by atoms with Crippen molar-refractivity contribution in [3.05, 3.63) is 28.7 Å². The van der Waals surface area contributed by atoms with E-state index in [1.54, 1.807) is 24.3 Å². The quantitative estimate of drug-likeness (QED) is 0.767. The predicted molar refractivity (Wildman–Crippen MR) is 72.9 cm³/mol. The molecule has 8 heteroatoms. The van der Waals surface area contributed by atoms with Gasteiger partial charge in [0.15, 0.2) is 5.78 Å². The van der Waals surface area contributed by atoms with Gasteiger partial charge in [-0.2, -0.15) is 0 Å². The number of carbonyl (C=O) groups excluding carboxylic acids is 1. The Kier molecular flexibility index (Phi) is 5.82. The van der Waals surface area contributed by atoms with Crippen LogP contribution in [0, 0.1) is 0 Å². The molecule has 0 amide bonds. The fraction of sp³-hybridized carbons (Fsp3) is 0.300. The van der Waals surface area contributed by atoms with Gasteiger partial charge in [0.25, 0.3) is 0 Å². The Balaban J connectivity index is 2.67. The molecule has 0 aliphatic heterocycles. The van der Waals surface area contributed by atoms with Gasteiger partial charge in [0.05, 0.1) is 6.04 Å². The molecule has 0 heterocycles. The van der Waals surface area contributed by atoms with E-state index >= 15 is 0 Å². The van der Waals surface area contributed by atoms with E-state index in [0.29, 0.717) is 5.75 Å². The molecule has 1 unspecified atom stereocenters. The summed E-state index contributed by atoms with van der Waals surface area (Å²) < 4.78 is 17.8. The summed E-state index contributed by atoms with van der Waals surface area (Å²) in [5.41, 5.74) is 0.